The first-order valence-electron chi connectivity index (χ1n) is 10.1. The summed E-state index contributed by atoms with van der Waals surface area (Å²) in [6, 6.07) is 15.8. The summed E-state index contributed by atoms with van der Waals surface area (Å²) in [5.74, 6) is -0.00371. The topological polar surface area (TPSA) is 49.4 Å². The summed E-state index contributed by atoms with van der Waals surface area (Å²) < 4.78 is 0.608. The molecule has 0 atom stereocenters. The number of aryl methyl sites for hydroxylation is 2. The molecule has 1 N–H and O–H groups in total. The molecule has 2 aromatic rings. The highest BCUT2D eigenvalue weighted by Crippen LogP contribution is 2.33. The van der Waals surface area contributed by atoms with Crippen molar-refractivity contribution in [2.75, 3.05) is 11.9 Å². The Hall–Kier alpha value is -2.44. The first-order valence-corrected chi connectivity index (χ1v) is 11.3. The molecule has 1 aliphatic rings. The van der Waals surface area contributed by atoms with Crippen LogP contribution in [0.1, 0.15) is 42.4 Å². The lowest BCUT2D eigenvalue weighted by Crippen LogP contribution is -2.29. The molecule has 0 aliphatic carbocycles. The van der Waals surface area contributed by atoms with Gasteiger partial charge in [0, 0.05) is 18.7 Å². The number of benzene rings is 2. The van der Waals surface area contributed by atoms with Gasteiger partial charge in [-0.15, -0.1) is 0 Å². The molecule has 0 bridgehead atoms. The van der Waals surface area contributed by atoms with E-state index in [1.165, 1.54) is 11.8 Å². The summed E-state index contributed by atoms with van der Waals surface area (Å²) in [5, 5.41) is 2.91. The molecule has 0 unspecified atom stereocenters. The van der Waals surface area contributed by atoms with Crippen molar-refractivity contribution in [2.24, 2.45) is 0 Å². The van der Waals surface area contributed by atoms with E-state index in [0.717, 1.165) is 41.6 Å². The largest absolute Gasteiger partial charge is 0.326 e. The van der Waals surface area contributed by atoms with Gasteiger partial charge in [0.2, 0.25) is 5.91 Å². The van der Waals surface area contributed by atoms with E-state index in [9.17, 15) is 9.59 Å². The molecule has 3 rings (SSSR count). The number of thiocarbonyl (C=S) groups is 1. The van der Waals surface area contributed by atoms with Gasteiger partial charge >= 0.3 is 0 Å². The minimum Gasteiger partial charge on any atom is -0.326 e. The highest BCUT2D eigenvalue weighted by molar-refractivity contribution is 8.26. The SMILES string of the molecule is Cc1ccc(NC(=O)CCCCCN2C(=O)/C(=C/c3ccccc3C)SC2=S)cc1. The molecular formula is C24H26N2O2S2. The fourth-order valence-electron chi connectivity index (χ4n) is 3.18. The predicted octanol–water partition coefficient (Wildman–Crippen LogP) is 5.70. The van der Waals surface area contributed by atoms with E-state index in [0.29, 0.717) is 22.2 Å². The molecule has 0 radical (unpaired) electrons. The van der Waals surface area contributed by atoms with Crippen molar-refractivity contribution in [3.05, 3.63) is 70.1 Å². The van der Waals surface area contributed by atoms with Gasteiger partial charge in [-0.2, -0.15) is 0 Å². The lowest BCUT2D eigenvalue weighted by molar-refractivity contribution is -0.122. The van der Waals surface area contributed by atoms with Gasteiger partial charge in [0.25, 0.3) is 5.91 Å². The molecule has 1 saturated heterocycles. The Balaban J connectivity index is 1.42. The third-order valence-electron chi connectivity index (χ3n) is 4.97. The van der Waals surface area contributed by atoms with Gasteiger partial charge in [-0.05, 0) is 56.0 Å². The van der Waals surface area contributed by atoms with E-state index in [1.807, 2.05) is 68.5 Å². The zero-order valence-electron chi connectivity index (χ0n) is 17.3. The molecule has 4 nitrogen and oxygen atoms in total. The van der Waals surface area contributed by atoms with Gasteiger partial charge in [-0.25, -0.2) is 0 Å². The van der Waals surface area contributed by atoms with Crippen molar-refractivity contribution in [3.63, 3.8) is 0 Å². The summed E-state index contributed by atoms with van der Waals surface area (Å²) in [6.07, 6.45) is 4.87. The summed E-state index contributed by atoms with van der Waals surface area (Å²) in [4.78, 5) is 27.1. The summed E-state index contributed by atoms with van der Waals surface area (Å²) in [5.41, 5.74) is 4.16. The molecule has 0 aromatic heterocycles. The highest BCUT2D eigenvalue weighted by atomic mass is 32.2. The molecular weight excluding hydrogens is 412 g/mol. The summed E-state index contributed by atoms with van der Waals surface area (Å²) in [6.45, 7) is 4.64. The number of hydrogen-bond donors (Lipinski definition) is 1. The van der Waals surface area contributed by atoms with Gasteiger partial charge < -0.3 is 5.32 Å². The van der Waals surface area contributed by atoms with Crippen LogP contribution in [0.3, 0.4) is 0 Å². The number of thioether (sulfide) groups is 1. The van der Waals surface area contributed by atoms with Gasteiger partial charge in [0.1, 0.15) is 4.32 Å². The Labute approximate surface area is 187 Å². The minimum atomic E-state index is -0.0228. The van der Waals surface area contributed by atoms with Crippen LogP contribution < -0.4 is 5.32 Å². The van der Waals surface area contributed by atoms with Gasteiger partial charge in [-0.1, -0.05) is 72.4 Å². The Morgan fingerprint density at radius 2 is 1.80 bits per heavy atom. The second-order valence-electron chi connectivity index (χ2n) is 7.41. The molecule has 0 saturated carbocycles. The zero-order valence-corrected chi connectivity index (χ0v) is 18.9. The number of hydrogen-bond acceptors (Lipinski definition) is 4. The van der Waals surface area contributed by atoms with Crippen LogP contribution in [0.15, 0.2) is 53.4 Å². The van der Waals surface area contributed by atoms with Crippen LogP contribution in [-0.4, -0.2) is 27.6 Å². The predicted molar refractivity (Wildman–Crippen MR) is 129 cm³/mol. The second-order valence-corrected chi connectivity index (χ2v) is 9.09. The number of nitrogens with one attached hydrogen (secondary N) is 1. The number of anilines is 1. The van der Waals surface area contributed by atoms with Crippen molar-refractivity contribution >= 4 is 51.9 Å². The molecule has 0 spiro atoms. The molecule has 2 amide bonds. The highest BCUT2D eigenvalue weighted by Gasteiger charge is 2.31. The van der Waals surface area contributed by atoms with E-state index < -0.39 is 0 Å². The average molecular weight is 439 g/mol. The van der Waals surface area contributed by atoms with Gasteiger partial charge in [0.05, 0.1) is 4.91 Å². The summed E-state index contributed by atoms with van der Waals surface area (Å²) in [7, 11) is 0. The number of carbonyl (C=O) groups is 2. The average Bonchev–Trinajstić information content (AvgIpc) is 2.98. The molecule has 6 heteroatoms. The number of rotatable bonds is 8. The fraction of sp³-hybridized carbons (Fsp3) is 0.292. The smallest absolute Gasteiger partial charge is 0.266 e. The van der Waals surface area contributed by atoms with Crippen molar-refractivity contribution in [2.45, 2.75) is 39.5 Å². The van der Waals surface area contributed by atoms with Crippen LogP contribution >= 0.6 is 24.0 Å². The second kappa shape index (κ2) is 10.5. The van der Waals surface area contributed by atoms with E-state index in [4.69, 9.17) is 12.2 Å². The quantitative estimate of drug-likeness (QED) is 0.326. The Morgan fingerprint density at radius 1 is 1.07 bits per heavy atom. The Morgan fingerprint density at radius 3 is 2.53 bits per heavy atom. The molecule has 156 valence electrons. The van der Waals surface area contributed by atoms with Crippen molar-refractivity contribution < 1.29 is 9.59 Å². The van der Waals surface area contributed by atoms with Crippen LogP contribution in [0.25, 0.3) is 6.08 Å². The summed E-state index contributed by atoms with van der Waals surface area (Å²) >= 11 is 6.77. The lowest BCUT2D eigenvalue weighted by atomic mass is 10.1. The third-order valence-corrected chi connectivity index (χ3v) is 6.35. The fourth-order valence-corrected chi connectivity index (χ4v) is 4.47. The van der Waals surface area contributed by atoms with Crippen LogP contribution in [-0.2, 0) is 9.59 Å². The lowest BCUT2D eigenvalue weighted by Gasteiger charge is -2.14. The molecule has 1 aliphatic heterocycles. The van der Waals surface area contributed by atoms with Crippen LogP contribution in [0.5, 0.6) is 0 Å². The maximum absolute atomic E-state index is 12.7. The van der Waals surface area contributed by atoms with E-state index in [2.05, 4.69) is 5.32 Å². The maximum atomic E-state index is 12.7. The van der Waals surface area contributed by atoms with E-state index in [-0.39, 0.29) is 11.8 Å². The van der Waals surface area contributed by atoms with Crippen LogP contribution in [0.2, 0.25) is 0 Å². The minimum absolute atomic E-state index is 0.0191. The first kappa shape index (κ1) is 22.2. The maximum Gasteiger partial charge on any atom is 0.266 e. The number of unbranched alkanes of at least 4 members (excludes halogenated alkanes) is 2. The zero-order chi connectivity index (χ0) is 21.5. The van der Waals surface area contributed by atoms with Gasteiger partial charge in [0.15, 0.2) is 0 Å². The molecule has 1 heterocycles. The number of carbonyl (C=O) groups excluding carboxylic acids is 2. The first-order chi connectivity index (χ1) is 14.4. The molecule has 30 heavy (non-hydrogen) atoms. The number of amides is 2. The Kier molecular flexibility index (Phi) is 7.82. The van der Waals surface area contributed by atoms with Crippen molar-refractivity contribution in [1.29, 1.82) is 0 Å². The van der Waals surface area contributed by atoms with Crippen molar-refractivity contribution in [3.8, 4) is 0 Å². The Bertz CT molecular complexity index is 967. The molecule has 1 fully saturated rings. The van der Waals surface area contributed by atoms with Gasteiger partial charge in [-0.3, -0.25) is 14.5 Å². The van der Waals surface area contributed by atoms with Crippen LogP contribution in [0.4, 0.5) is 5.69 Å². The molecule has 2 aromatic carbocycles. The van der Waals surface area contributed by atoms with E-state index >= 15 is 0 Å². The monoisotopic (exact) mass is 438 g/mol. The third kappa shape index (κ3) is 6.03. The van der Waals surface area contributed by atoms with Crippen LogP contribution in [0, 0.1) is 13.8 Å². The van der Waals surface area contributed by atoms with E-state index in [1.54, 1.807) is 4.90 Å². The normalized spacial score (nSPS) is 15.1. The van der Waals surface area contributed by atoms with Crippen molar-refractivity contribution in [1.82, 2.24) is 4.90 Å². The standard InChI is InChI=1S/C24H26N2O2S2/c1-17-11-13-20(14-12-17)25-22(27)10-4-3-7-15-26-23(28)21(30-24(26)29)16-19-9-6-5-8-18(19)2/h5-6,8-9,11-14,16H,3-4,7,10,15H2,1-2H3,(H,25,27)/b21-16-. The number of nitrogens with zero attached hydrogens (tertiary/aromatic N) is 1.